The topological polar surface area (TPSA) is 80.9 Å². The second-order valence-electron chi connectivity index (χ2n) is 7.23. The molecule has 0 atom stereocenters. The Kier molecular flexibility index (Phi) is 6.15. The summed E-state index contributed by atoms with van der Waals surface area (Å²) in [4.78, 5) is 21.7. The van der Waals surface area contributed by atoms with Crippen LogP contribution < -0.4 is 5.32 Å². The zero-order valence-electron chi connectivity index (χ0n) is 17.0. The van der Waals surface area contributed by atoms with Gasteiger partial charge >= 0.3 is 0 Å². The van der Waals surface area contributed by atoms with E-state index in [0.717, 1.165) is 21.7 Å². The minimum absolute atomic E-state index is 0.0692. The van der Waals surface area contributed by atoms with Gasteiger partial charge in [0.1, 0.15) is 5.01 Å². The van der Waals surface area contributed by atoms with E-state index in [0.29, 0.717) is 28.9 Å². The van der Waals surface area contributed by atoms with E-state index >= 15 is 0 Å². The van der Waals surface area contributed by atoms with Crippen molar-refractivity contribution in [2.24, 2.45) is 0 Å². The van der Waals surface area contributed by atoms with Crippen molar-refractivity contribution in [1.29, 1.82) is 0 Å². The van der Waals surface area contributed by atoms with Gasteiger partial charge in [0.25, 0.3) is 5.89 Å². The van der Waals surface area contributed by atoms with E-state index in [2.05, 4.69) is 26.5 Å². The smallest absolute Gasteiger partial charge is 0.260 e. The summed E-state index contributed by atoms with van der Waals surface area (Å²) >= 11 is 3.22. The Morgan fingerprint density at radius 1 is 1.17 bits per heavy atom. The van der Waals surface area contributed by atoms with Gasteiger partial charge in [0.15, 0.2) is 5.82 Å². The summed E-state index contributed by atoms with van der Waals surface area (Å²) in [5.74, 6) is 2.21. The Balaban J connectivity index is 1.42. The number of hydrogen-bond donors (Lipinski definition) is 1. The lowest BCUT2D eigenvalue weighted by Crippen LogP contribution is -2.15. The fourth-order valence-corrected chi connectivity index (χ4v) is 4.83. The Hall–Kier alpha value is -2.71. The number of amides is 1. The van der Waals surface area contributed by atoms with Gasteiger partial charge in [-0.3, -0.25) is 4.79 Å². The maximum absolute atomic E-state index is 12.6. The van der Waals surface area contributed by atoms with Crippen LogP contribution in [-0.4, -0.2) is 26.8 Å². The number of nitrogens with zero attached hydrogens (tertiary/aromatic N) is 3. The number of carbonyl (C=O) groups excluding carboxylic acids is 1. The second-order valence-corrected chi connectivity index (χ2v) is 9.33. The third kappa shape index (κ3) is 4.55. The molecule has 0 fully saturated rings. The van der Waals surface area contributed by atoms with E-state index in [9.17, 15) is 4.79 Å². The molecule has 4 aromatic rings. The van der Waals surface area contributed by atoms with Gasteiger partial charge in [-0.25, -0.2) is 4.98 Å². The van der Waals surface area contributed by atoms with E-state index in [1.54, 1.807) is 23.1 Å². The van der Waals surface area contributed by atoms with Crippen molar-refractivity contribution >= 4 is 44.9 Å². The molecule has 30 heavy (non-hydrogen) atoms. The van der Waals surface area contributed by atoms with Gasteiger partial charge in [0.05, 0.1) is 27.2 Å². The number of aryl methyl sites for hydroxylation is 1. The number of hydrogen-bond acceptors (Lipinski definition) is 7. The van der Waals surface area contributed by atoms with Gasteiger partial charge in [0, 0.05) is 11.7 Å². The van der Waals surface area contributed by atoms with E-state index in [4.69, 9.17) is 4.52 Å². The Labute approximate surface area is 183 Å². The lowest BCUT2D eigenvalue weighted by molar-refractivity contribution is -0.113. The first kappa shape index (κ1) is 20.6. The number of aromatic nitrogens is 3. The molecule has 2 aromatic heterocycles. The quantitative estimate of drug-likeness (QED) is 0.401. The molecule has 0 unspecified atom stereocenters. The van der Waals surface area contributed by atoms with E-state index in [1.165, 1.54) is 4.70 Å². The van der Waals surface area contributed by atoms with Crippen LogP contribution >= 0.6 is 23.1 Å². The highest BCUT2D eigenvalue weighted by atomic mass is 32.2. The summed E-state index contributed by atoms with van der Waals surface area (Å²) in [5, 5.41) is 8.08. The largest absolute Gasteiger partial charge is 0.334 e. The summed E-state index contributed by atoms with van der Waals surface area (Å²) in [5.41, 5.74) is 3.40. The molecule has 0 radical (unpaired) electrons. The molecule has 0 aliphatic heterocycles. The zero-order valence-corrected chi connectivity index (χ0v) is 18.6. The molecule has 2 heterocycles. The molecule has 4 rings (SSSR count). The van der Waals surface area contributed by atoms with E-state index in [-0.39, 0.29) is 11.8 Å². The first-order valence-corrected chi connectivity index (χ1v) is 11.6. The average molecular weight is 439 g/mol. The molecule has 2 aromatic carbocycles. The van der Waals surface area contributed by atoms with Crippen LogP contribution in [0.25, 0.3) is 21.7 Å². The second kappa shape index (κ2) is 8.97. The number of fused-ring (bicyclic) bond motifs is 1. The van der Waals surface area contributed by atoms with Crippen LogP contribution in [0.3, 0.4) is 0 Å². The first-order chi connectivity index (χ1) is 14.5. The fourth-order valence-electron chi connectivity index (χ4n) is 2.98. The van der Waals surface area contributed by atoms with Crippen molar-refractivity contribution in [3.8, 4) is 11.5 Å². The van der Waals surface area contributed by atoms with Crippen LogP contribution in [0.15, 0.2) is 47.0 Å². The van der Waals surface area contributed by atoms with Crippen molar-refractivity contribution in [3.05, 3.63) is 58.9 Å². The number of para-hydroxylation sites is 2. The van der Waals surface area contributed by atoms with Gasteiger partial charge < -0.3 is 9.84 Å². The number of carbonyl (C=O) groups is 1. The van der Waals surface area contributed by atoms with Crippen molar-refractivity contribution in [2.75, 3.05) is 11.1 Å². The lowest BCUT2D eigenvalue weighted by atomic mass is 10.1. The maximum Gasteiger partial charge on any atom is 0.260 e. The monoisotopic (exact) mass is 438 g/mol. The van der Waals surface area contributed by atoms with Crippen molar-refractivity contribution in [3.63, 3.8) is 0 Å². The highest BCUT2D eigenvalue weighted by Crippen LogP contribution is 2.31. The predicted molar refractivity (Wildman–Crippen MR) is 123 cm³/mol. The van der Waals surface area contributed by atoms with Crippen LogP contribution in [0, 0.1) is 6.92 Å². The first-order valence-electron chi connectivity index (χ1n) is 9.67. The molecular weight excluding hydrogens is 416 g/mol. The standard InChI is InChI=1S/C22H22N4O2S2/c1-13(2)21-25-22(28-26-21)15-8-6-7-14(3)20(15)24-18(27)11-29-12-19-23-16-9-4-5-10-17(16)30-19/h4-10,13H,11-12H2,1-3H3,(H,24,27). The Morgan fingerprint density at radius 3 is 2.77 bits per heavy atom. The Morgan fingerprint density at radius 2 is 2.00 bits per heavy atom. The van der Waals surface area contributed by atoms with Gasteiger partial charge in [-0.1, -0.05) is 43.3 Å². The van der Waals surface area contributed by atoms with Gasteiger partial charge in [0.2, 0.25) is 5.91 Å². The van der Waals surface area contributed by atoms with Gasteiger partial charge in [-0.15, -0.1) is 23.1 Å². The molecule has 0 aliphatic carbocycles. The number of thioether (sulfide) groups is 1. The van der Waals surface area contributed by atoms with Crippen LogP contribution in [0.2, 0.25) is 0 Å². The van der Waals surface area contributed by atoms with E-state index < -0.39 is 0 Å². The number of rotatable bonds is 7. The Bertz CT molecular complexity index is 1150. The van der Waals surface area contributed by atoms with E-state index in [1.807, 2.05) is 57.2 Å². The highest BCUT2D eigenvalue weighted by Gasteiger charge is 2.17. The summed E-state index contributed by atoms with van der Waals surface area (Å²) in [6, 6.07) is 13.8. The molecule has 0 saturated heterocycles. The van der Waals surface area contributed by atoms with Crippen molar-refractivity contribution in [1.82, 2.24) is 15.1 Å². The van der Waals surface area contributed by atoms with Crippen LogP contribution in [0.1, 0.15) is 36.2 Å². The molecule has 154 valence electrons. The number of benzene rings is 2. The van der Waals surface area contributed by atoms with Crippen LogP contribution in [0.5, 0.6) is 0 Å². The highest BCUT2D eigenvalue weighted by molar-refractivity contribution is 7.99. The molecule has 1 amide bonds. The number of nitrogens with one attached hydrogen (secondary N) is 1. The SMILES string of the molecule is Cc1cccc(-c2nc(C(C)C)no2)c1NC(=O)CSCc1nc2ccccc2s1. The minimum Gasteiger partial charge on any atom is -0.334 e. The number of anilines is 1. The van der Waals surface area contributed by atoms with Crippen LogP contribution in [-0.2, 0) is 10.5 Å². The predicted octanol–water partition coefficient (Wildman–Crippen LogP) is 5.65. The molecule has 0 bridgehead atoms. The number of thiazole rings is 1. The fraction of sp³-hybridized carbons (Fsp3) is 0.273. The van der Waals surface area contributed by atoms with Gasteiger partial charge in [-0.05, 0) is 30.7 Å². The molecule has 6 nitrogen and oxygen atoms in total. The molecule has 1 N–H and O–H groups in total. The average Bonchev–Trinajstić information content (AvgIpc) is 3.36. The summed E-state index contributed by atoms with van der Waals surface area (Å²) in [6.45, 7) is 5.97. The molecular formula is C22H22N4O2S2. The summed E-state index contributed by atoms with van der Waals surface area (Å²) in [7, 11) is 0. The molecule has 8 heteroatoms. The van der Waals surface area contributed by atoms with Crippen molar-refractivity contribution in [2.45, 2.75) is 32.4 Å². The third-order valence-electron chi connectivity index (χ3n) is 4.52. The normalized spacial score (nSPS) is 11.3. The van der Waals surface area contributed by atoms with Crippen LogP contribution in [0.4, 0.5) is 5.69 Å². The summed E-state index contributed by atoms with van der Waals surface area (Å²) < 4.78 is 6.60. The molecule has 0 aliphatic rings. The third-order valence-corrected chi connectivity index (χ3v) is 6.69. The van der Waals surface area contributed by atoms with Gasteiger partial charge in [-0.2, -0.15) is 4.98 Å². The zero-order chi connectivity index (χ0) is 21.1. The molecule has 0 spiro atoms. The lowest BCUT2D eigenvalue weighted by Gasteiger charge is -2.11. The summed E-state index contributed by atoms with van der Waals surface area (Å²) in [6.07, 6.45) is 0. The molecule has 0 saturated carbocycles. The van der Waals surface area contributed by atoms with Crippen molar-refractivity contribution < 1.29 is 9.32 Å². The maximum atomic E-state index is 12.6. The minimum atomic E-state index is -0.0692.